The van der Waals surface area contributed by atoms with Gasteiger partial charge in [0.05, 0.1) is 6.61 Å². The molecule has 1 N–H and O–H groups in total. The largest absolute Gasteiger partial charge is 0.493 e. The third-order valence-electron chi connectivity index (χ3n) is 3.74. The van der Waals surface area contributed by atoms with Crippen molar-refractivity contribution in [3.8, 4) is 11.5 Å². The Kier molecular flexibility index (Phi) is 5.13. The lowest BCUT2D eigenvalue weighted by Crippen LogP contribution is -2.27. The summed E-state index contributed by atoms with van der Waals surface area (Å²) in [5.74, 6) is 1.06. The van der Waals surface area contributed by atoms with Crippen LogP contribution in [0, 0.1) is 0 Å². The highest BCUT2D eigenvalue weighted by atomic mass is 79.9. The van der Waals surface area contributed by atoms with Crippen LogP contribution < -0.4 is 14.8 Å². The number of nitrogens with one attached hydrogen (secondary N) is 1. The molecule has 3 nitrogen and oxygen atoms in total. The zero-order chi connectivity index (χ0) is 16.2. The van der Waals surface area contributed by atoms with Crippen molar-refractivity contribution in [2.75, 3.05) is 6.61 Å². The first-order valence-corrected chi connectivity index (χ1v) is 8.11. The highest BCUT2D eigenvalue weighted by Crippen LogP contribution is 2.32. The second-order valence-electron chi connectivity index (χ2n) is 5.24. The molecule has 0 aliphatic carbocycles. The monoisotopic (exact) mass is 383 g/mol. The van der Waals surface area contributed by atoms with Gasteiger partial charge in [-0.15, -0.1) is 0 Å². The second kappa shape index (κ2) is 7.27. The van der Waals surface area contributed by atoms with Crippen LogP contribution in [0.2, 0.25) is 0 Å². The van der Waals surface area contributed by atoms with Crippen LogP contribution in [0.15, 0.2) is 46.9 Å². The maximum Gasteiger partial charge on any atom is 0.387 e. The smallest absolute Gasteiger partial charge is 0.387 e. The third-order valence-corrected chi connectivity index (χ3v) is 4.23. The van der Waals surface area contributed by atoms with Gasteiger partial charge in [-0.25, -0.2) is 0 Å². The maximum absolute atomic E-state index is 12.5. The molecule has 0 radical (unpaired) electrons. The number of halogens is 3. The average molecular weight is 384 g/mol. The van der Waals surface area contributed by atoms with E-state index in [9.17, 15) is 8.78 Å². The highest BCUT2D eigenvalue weighted by molar-refractivity contribution is 9.10. The molecule has 0 spiro atoms. The van der Waals surface area contributed by atoms with E-state index in [2.05, 4.69) is 26.0 Å². The Labute approximate surface area is 141 Å². The Morgan fingerprint density at radius 3 is 2.91 bits per heavy atom. The summed E-state index contributed by atoms with van der Waals surface area (Å²) in [5.41, 5.74) is 1.77. The Morgan fingerprint density at radius 2 is 2.09 bits per heavy atom. The van der Waals surface area contributed by atoms with E-state index >= 15 is 0 Å². The third kappa shape index (κ3) is 4.00. The summed E-state index contributed by atoms with van der Waals surface area (Å²) in [7, 11) is 0. The van der Waals surface area contributed by atoms with Gasteiger partial charge in [0, 0.05) is 34.6 Å². The van der Waals surface area contributed by atoms with Crippen molar-refractivity contribution in [3.63, 3.8) is 0 Å². The summed E-state index contributed by atoms with van der Waals surface area (Å²) >= 11 is 3.36. The molecule has 0 fully saturated rings. The Bertz CT molecular complexity index is 681. The van der Waals surface area contributed by atoms with E-state index in [0.717, 1.165) is 22.2 Å². The number of hydrogen-bond acceptors (Lipinski definition) is 3. The van der Waals surface area contributed by atoms with Crippen LogP contribution in [0.3, 0.4) is 0 Å². The van der Waals surface area contributed by atoms with Crippen molar-refractivity contribution in [3.05, 3.63) is 58.1 Å². The number of alkyl halides is 2. The summed E-state index contributed by atoms with van der Waals surface area (Å²) in [6.45, 7) is -1.77. The van der Waals surface area contributed by atoms with Crippen molar-refractivity contribution in [1.82, 2.24) is 5.32 Å². The van der Waals surface area contributed by atoms with Crippen LogP contribution in [0.25, 0.3) is 0 Å². The molecule has 0 amide bonds. The molecule has 122 valence electrons. The zero-order valence-corrected chi connectivity index (χ0v) is 13.9. The Balaban J connectivity index is 1.75. The van der Waals surface area contributed by atoms with Crippen molar-refractivity contribution >= 4 is 15.9 Å². The molecule has 1 heterocycles. The minimum absolute atomic E-state index is 0.123. The van der Waals surface area contributed by atoms with Gasteiger partial charge in [-0.05, 0) is 24.3 Å². The van der Waals surface area contributed by atoms with Gasteiger partial charge in [0.15, 0.2) is 0 Å². The summed E-state index contributed by atoms with van der Waals surface area (Å²) in [6, 6.07) is 13.0. The van der Waals surface area contributed by atoms with Gasteiger partial charge in [0.2, 0.25) is 0 Å². The fourth-order valence-electron chi connectivity index (χ4n) is 2.68. The first kappa shape index (κ1) is 16.2. The lowest BCUT2D eigenvalue weighted by atomic mass is 10.0. The van der Waals surface area contributed by atoms with Crippen molar-refractivity contribution < 1.29 is 18.3 Å². The molecule has 23 heavy (non-hydrogen) atoms. The van der Waals surface area contributed by atoms with Gasteiger partial charge < -0.3 is 14.8 Å². The summed E-state index contributed by atoms with van der Waals surface area (Å²) in [6.07, 6.45) is 0.829. The molecule has 0 saturated heterocycles. The van der Waals surface area contributed by atoms with E-state index < -0.39 is 6.61 Å². The minimum atomic E-state index is -2.83. The van der Waals surface area contributed by atoms with Crippen LogP contribution in [-0.2, 0) is 6.54 Å². The molecule has 6 heteroatoms. The van der Waals surface area contributed by atoms with E-state index in [-0.39, 0.29) is 11.8 Å². The minimum Gasteiger partial charge on any atom is -0.493 e. The molecule has 1 aliphatic heterocycles. The zero-order valence-electron chi connectivity index (χ0n) is 12.3. The Hall–Kier alpha value is -1.66. The number of fused-ring (bicyclic) bond motifs is 1. The topological polar surface area (TPSA) is 30.5 Å². The molecule has 0 aromatic heterocycles. The standard InChI is InChI=1S/C17H16BrF2NO2/c18-12-5-6-15(23-17(19)20)11(9-12)10-21-14-7-8-22-16-4-2-1-3-13(14)16/h1-6,9,14,17,21H,7-8,10H2. The predicted molar refractivity (Wildman–Crippen MR) is 86.9 cm³/mol. The molecular formula is C17H16BrF2NO2. The molecule has 0 bridgehead atoms. The van der Waals surface area contributed by atoms with Crippen molar-refractivity contribution in [1.29, 1.82) is 0 Å². The first-order chi connectivity index (χ1) is 11.1. The maximum atomic E-state index is 12.5. The van der Waals surface area contributed by atoms with Crippen molar-refractivity contribution in [2.45, 2.75) is 25.6 Å². The SMILES string of the molecule is FC(F)Oc1ccc(Br)cc1CNC1CCOc2ccccc21. The van der Waals surface area contributed by atoms with Gasteiger partial charge in [-0.3, -0.25) is 0 Å². The van der Waals surface area contributed by atoms with Gasteiger partial charge in [0.1, 0.15) is 11.5 Å². The van der Waals surface area contributed by atoms with E-state index in [0.29, 0.717) is 18.7 Å². The number of hydrogen-bond donors (Lipinski definition) is 1. The fraction of sp³-hybridized carbons (Fsp3) is 0.294. The normalized spacial score (nSPS) is 16.8. The first-order valence-electron chi connectivity index (χ1n) is 7.32. The molecule has 0 saturated carbocycles. The van der Waals surface area contributed by atoms with Gasteiger partial charge in [-0.2, -0.15) is 8.78 Å². The van der Waals surface area contributed by atoms with Gasteiger partial charge in [-0.1, -0.05) is 34.1 Å². The number of para-hydroxylation sites is 1. The molecule has 1 aliphatic rings. The average Bonchev–Trinajstić information content (AvgIpc) is 2.54. The van der Waals surface area contributed by atoms with E-state index in [1.807, 2.05) is 24.3 Å². The van der Waals surface area contributed by atoms with Crippen molar-refractivity contribution in [2.24, 2.45) is 0 Å². The van der Waals surface area contributed by atoms with E-state index in [1.165, 1.54) is 0 Å². The fourth-order valence-corrected chi connectivity index (χ4v) is 3.09. The lowest BCUT2D eigenvalue weighted by molar-refractivity contribution is -0.0505. The molecule has 2 aromatic rings. The van der Waals surface area contributed by atoms with E-state index in [1.54, 1.807) is 18.2 Å². The molecule has 3 rings (SSSR count). The molecule has 1 unspecified atom stereocenters. The molecule has 2 aromatic carbocycles. The number of ether oxygens (including phenoxy) is 2. The van der Waals surface area contributed by atoms with Crippen LogP contribution >= 0.6 is 15.9 Å². The quantitative estimate of drug-likeness (QED) is 0.813. The molecular weight excluding hydrogens is 368 g/mol. The summed E-state index contributed by atoms with van der Waals surface area (Å²) in [5, 5.41) is 3.41. The van der Waals surface area contributed by atoms with Gasteiger partial charge >= 0.3 is 6.61 Å². The second-order valence-corrected chi connectivity index (χ2v) is 6.15. The number of benzene rings is 2. The van der Waals surface area contributed by atoms with Crippen LogP contribution in [0.1, 0.15) is 23.6 Å². The van der Waals surface area contributed by atoms with Gasteiger partial charge in [0.25, 0.3) is 0 Å². The lowest BCUT2D eigenvalue weighted by Gasteiger charge is -2.27. The number of rotatable bonds is 5. The highest BCUT2D eigenvalue weighted by Gasteiger charge is 2.21. The van der Waals surface area contributed by atoms with Crippen LogP contribution in [0.4, 0.5) is 8.78 Å². The molecule has 1 atom stereocenters. The summed E-state index contributed by atoms with van der Waals surface area (Å²) < 4.78 is 36.1. The Morgan fingerprint density at radius 1 is 1.26 bits per heavy atom. The van der Waals surface area contributed by atoms with E-state index in [4.69, 9.17) is 4.74 Å². The van der Waals surface area contributed by atoms with Crippen LogP contribution in [0.5, 0.6) is 11.5 Å². The van der Waals surface area contributed by atoms with Crippen LogP contribution in [-0.4, -0.2) is 13.2 Å². The summed E-state index contributed by atoms with van der Waals surface area (Å²) in [4.78, 5) is 0. The predicted octanol–water partition coefficient (Wildman–Crippen LogP) is 4.66.